The SMILES string of the molecule is COC(=O)c1c(NC(=S)NC2CCCCC2)sc(C)c1C. The minimum atomic E-state index is -0.320. The maximum absolute atomic E-state index is 11.9. The first-order chi connectivity index (χ1) is 10.0. The molecule has 2 N–H and O–H groups in total. The Labute approximate surface area is 135 Å². The second-order valence-corrected chi connectivity index (χ2v) is 7.05. The monoisotopic (exact) mass is 326 g/mol. The zero-order valence-corrected chi connectivity index (χ0v) is 14.4. The largest absolute Gasteiger partial charge is 0.465 e. The summed E-state index contributed by atoms with van der Waals surface area (Å²) in [6.45, 7) is 3.93. The highest BCUT2D eigenvalue weighted by Crippen LogP contribution is 2.33. The number of aryl methyl sites for hydroxylation is 1. The normalized spacial score (nSPS) is 15.6. The number of hydrogen-bond acceptors (Lipinski definition) is 4. The number of thiocarbonyl (C=S) groups is 1. The van der Waals surface area contributed by atoms with Gasteiger partial charge in [0.25, 0.3) is 0 Å². The molecule has 1 aromatic rings. The summed E-state index contributed by atoms with van der Waals surface area (Å²) in [6.07, 6.45) is 6.15. The number of carbonyl (C=O) groups excluding carboxylic acids is 1. The lowest BCUT2D eigenvalue weighted by Crippen LogP contribution is -2.38. The van der Waals surface area contributed by atoms with Crippen molar-refractivity contribution in [2.24, 2.45) is 0 Å². The van der Waals surface area contributed by atoms with Crippen molar-refractivity contribution in [1.29, 1.82) is 0 Å². The summed E-state index contributed by atoms with van der Waals surface area (Å²) in [4.78, 5) is 13.0. The van der Waals surface area contributed by atoms with Crippen LogP contribution in [-0.2, 0) is 4.74 Å². The van der Waals surface area contributed by atoms with Gasteiger partial charge in [0.2, 0.25) is 0 Å². The lowest BCUT2D eigenvalue weighted by Gasteiger charge is -2.24. The quantitative estimate of drug-likeness (QED) is 0.654. The molecule has 0 aromatic carbocycles. The number of anilines is 1. The molecule has 0 saturated heterocycles. The molecule has 2 rings (SSSR count). The highest BCUT2D eigenvalue weighted by atomic mass is 32.1. The van der Waals surface area contributed by atoms with Crippen molar-refractivity contribution in [3.63, 3.8) is 0 Å². The zero-order valence-electron chi connectivity index (χ0n) is 12.7. The first kappa shape index (κ1) is 16.2. The third kappa shape index (κ3) is 3.95. The molecule has 6 heteroatoms. The number of methoxy groups -OCH3 is 1. The van der Waals surface area contributed by atoms with Crippen LogP contribution in [0.15, 0.2) is 0 Å². The third-order valence-electron chi connectivity index (χ3n) is 3.94. The van der Waals surface area contributed by atoms with E-state index in [1.165, 1.54) is 37.7 Å². The molecule has 0 amide bonds. The van der Waals surface area contributed by atoms with E-state index in [4.69, 9.17) is 17.0 Å². The van der Waals surface area contributed by atoms with Crippen molar-refractivity contribution in [1.82, 2.24) is 5.32 Å². The van der Waals surface area contributed by atoms with Crippen molar-refractivity contribution in [3.8, 4) is 0 Å². The maximum Gasteiger partial charge on any atom is 0.341 e. The molecule has 0 atom stereocenters. The number of carbonyl (C=O) groups is 1. The summed E-state index contributed by atoms with van der Waals surface area (Å²) in [5.41, 5.74) is 1.54. The van der Waals surface area contributed by atoms with Gasteiger partial charge in [-0.2, -0.15) is 0 Å². The first-order valence-electron chi connectivity index (χ1n) is 7.28. The van der Waals surface area contributed by atoms with Gasteiger partial charge in [-0.25, -0.2) is 4.79 Å². The molecule has 0 spiro atoms. The second-order valence-electron chi connectivity index (χ2n) is 5.41. The standard InChI is InChI=1S/C15H22N2O2S2/c1-9-10(2)21-13(12(9)14(18)19-3)17-15(20)16-11-7-5-4-6-8-11/h11H,4-8H2,1-3H3,(H2,16,17,20). The van der Waals surface area contributed by atoms with Gasteiger partial charge >= 0.3 is 5.97 Å². The van der Waals surface area contributed by atoms with Gasteiger partial charge in [0.05, 0.1) is 12.7 Å². The second kappa shape index (κ2) is 7.22. The minimum absolute atomic E-state index is 0.320. The molecule has 1 aliphatic rings. The van der Waals surface area contributed by atoms with Gasteiger partial charge in [-0.3, -0.25) is 0 Å². The highest BCUT2D eigenvalue weighted by molar-refractivity contribution is 7.80. The van der Waals surface area contributed by atoms with Gasteiger partial charge in [0.15, 0.2) is 5.11 Å². The summed E-state index contributed by atoms with van der Waals surface area (Å²) in [5, 5.41) is 7.89. The van der Waals surface area contributed by atoms with E-state index in [-0.39, 0.29) is 5.97 Å². The van der Waals surface area contributed by atoms with Crippen LogP contribution < -0.4 is 10.6 Å². The van der Waals surface area contributed by atoms with Crippen LogP contribution in [0.25, 0.3) is 0 Å². The smallest absolute Gasteiger partial charge is 0.341 e. The predicted molar refractivity (Wildman–Crippen MR) is 91.4 cm³/mol. The van der Waals surface area contributed by atoms with Crippen LogP contribution in [0, 0.1) is 13.8 Å². The number of nitrogens with one attached hydrogen (secondary N) is 2. The van der Waals surface area contributed by atoms with Gasteiger partial charge in [-0.1, -0.05) is 19.3 Å². The molecule has 0 aliphatic heterocycles. The fourth-order valence-corrected chi connectivity index (χ4v) is 4.02. The van der Waals surface area contributed by atoms with E-state index in [1.807, 2.05) is 13.8 Å². The first-order valence-corrected chi connectivity index (χ1v) is 8.51. The maximum atomic E-state index is 11.9. The Hall–Kier alpha value is -1.14. The van der Waals surface area contributed by atoms with E-state index < -0.39 is 0 Å². The minimum Gasteiger partial charge on any atom is -0.465 e. The Morgan fingerprint density at radius 2 is 1.95 bits per heavy atom. The van der Waals surface area contributed by atoms with Crippen molar-refractivity contribution < 1.29 is 9.53 Å². The Bertz CT molecular complexity index is 534. The van der Waals surface area contributed by atoms with Gasteiger partial charge < -0.3 is 15.4 Å². The molecule has 0 unspecified atom stereocenters. The van der Waals surface area contributed by atoms with Gasteiger partial charge in [-0.15, -0.1) is 11.3 Å². The fourth-order valence-electron chi connectivity index (χ4n) is 2.63. The Balaban J connectivity index is 2.06. The lowest BCUT2D eigenvalue weighted by atomic mass is 9.96. The van der Waals surface area contributed by atoms with Crippen LogP contribution in [0.2, 0.25) is 0 Å². The van der Waals surface area contributed by atoms with Crippen LogP contribution >= 0.6 is 23.6 Å². The fraction of sp³-hybridized carbons (Fsp3) is 0.600. The number of rotatable bonds is 3. The number of esters is 1. The molecule has 1 aromatic heterocycles. The van der Waals surface area contributed by atoms with Gasteiger partial charge in [0, 0.05) is 10.9 Å². The molecule has 21 heavy (non-hydrogen) atoms. The van der Waals surface area contributed by atoms with Gasteiger partial charge in [0.1, 0.15) is 5.00 Å². The van der Waals surface area contributed by atoms with E-state index in [1.54, 1.807) is 0 Å². The summed E-state index contributed by atoms with van der Waals surface area (Å²) in [6, 6.07) is 0.447. The molecule has 1 saturated carbocycles. The topological polar surface area (TPSA) is 50.4 Å². The van der Waals surface area contributed by atoms with Crippen LogP contribution in [0.4, 0.5) is 5.00 Å². The average Bonchev–Trinajstić information content (AvgIpc) is 2.74. The average molecular weight is 326 g/mol. The molecular weight excluding hydrogens is 304 g/mol. The Morgan fingerprint density at radius 1 is 1.29 bits per heavy atom. The van der Waals surface area contributed by atoms with Crippen molar-refractivity contribution in [3.05, 3.63) is 16.0 Å². The van der Waals surface area contributed by atoms with Crippen molar-refractivity contribution in [2.75, 3.05) is 12.4 Å². The predicted octanol–water partition coefficient (Wildman–Crippen LogP) is 3.77. The number of hydrogen-bond donors (Lipinski definition) is 2. The zero-order chi connectivity index (χ0) is 15.4. The molecule has 1 fully saturated rings. The van der Waals surface area contributed by atoms with Gasteiger partial charge in [-0.05, 0) is 44.5 Å². The number of thiophene rings is 1. The summed E-state index contributed by atoms with van der Waals surface area (Å²) >= 11 is 6.92. The molecular formula is C15H22N2O2S2. The van der Waals surface area contributed by atoms with E-state index >= 15 is 0 Å². The highest BCUT2D eigenvalue weighted by Gasteiger charge is 2.21. The van der Waals surface area contributed by atoms with Crippen molar-refractivity contribution in [2.45, 2.75) is 52.0 Å². The lowest BCUT2D eigenvalue weighted by molar-refractivity contribution is 0.0601. The Morgan fingerprint density at radius 3 is 2.57 bits per heavy atom. The van der Waals surface area contributed by atoms with E-state index in [9.17, 15) is 4.79 Å². The molecule has 0 bridgehead atoms. The van der Waals surface area contributed by atoms with E-state index in [0.29, 0.717) is 16.7 Å². The van der Waals surface area contributed by atoms with Crippen molar-refractivity contribution >= 4 is 39.6 Å². The van der Waals surface area contributed by atoms with Crippen LogP contribution in [0.1, 0.15) is 52.9 Å². The summed E-state index contributed by atoms with van der Waals surface area (Å²) in [7, 11) is 1.40. The molecule has 116 valence electrons. The van der Waals surface area contributed by atoms with Crippen LogP contribution in [-0.4, -0.2) is 24.2 Å². The molecule has 1 heterocycles. The summed E-state index contributed by atoms with van der Waals surface area (Å²) in [5.74, 6) is -0.320. The molecule has 4 nitrogen and oxygen atoms in total. The summed E-state index contributed by atoms with van der Waals surface area (Å²) < 4.78 is 4.87. The van der Waals surface area contributed by atoms with Crippen LogP contribution in [0.3, 0.4) is 0 Å². The molecule has 1 aliphatic carbocycles. The van der Waals surface area contributed by atoms with E-state index in [2.05, 4.69) is 10.6 Å². The number of ether oxygens (including phenoxy) is 1. The van der Waals surface area contributed by atoms with E-state index in [0.717, 1.165) is 28.3 Å². The van der Waals surface area contributed by atoms with Crippen LogP contribution in [0.5, 0.6) is 0 Å². The third-order valence-corrected chi connectivity index (χ3v) is 5.28. The Kier molecular flexibility index (Phi) is 5.58. The molecule has 0 radical (unpaired) electrons.